The highest BCUT2D eigenvalue weighted by atomic mass is 79.9. The van der Waals surface area contributed by atoms with Crippen molar-refractivity contribution in [2.24, 2.45) is 0 Å². The molecule has 0 saturated carbocycles. The first-order valence-corrected chi connectivity index (χ1v) is 7.77. The minimum atomic E-state index is -0.397. The topological polar surface area (TPSA) is 29.5 Å². The molecule has 1 aliphatic heterocycles. The Morgan fingerprint density at radius 3 is 2.47 bits per heavy atom. The summed E-state index contributed by atoms with van der Waals surface area (Å²) < 4.78 is 7.64. The van der Waals surface area contributed by atoms with Crippen LogP contribution in [0.15, 0.2) is 28.7 Å². The molecule has 1 fully saturated rings. The van der Waals surface area contributed by atoms with Gasteiger partial charge in [0.05, 0.1) is 20.1 Å². The summed E-state index contributed by atoms with van der Waals surface area (Å²) >= 11 is 3.39. The Kier molecular flexibility index (Phi) is 5.25. The van der Waals surface area contributed by atoms with Crippen LogP contribution in [0.5, 0.6) is 5.75 Å². The van der Waals surface area contributed by atoms with E-state index in [1.807, 2.05) is 24.3 Å². The van der Waals surface area contributed by atoms with Crippen LogP contribution in [0.2, 0.25) is 0 Å². The van der Waals surface area contributed by atoms with E-state index in [1.54, 1.807) is 0 Å². The van der Waals surface area contributed by atoms with Gasteiger partial charge in [-0.05, 0) is 43.5 Å². The summed E-state index contributed by atoms with van der Waals surface area (Å²) in [6.45, 7) is 3.51. The van der Waals surface area contributed by atoms with Crippen molar-refractivity contribution in [3.63, 3.8) is 0 Å². The first kappa shape index (κ1) is 14.8. The van der Waals surface area contributed by atoms with E-state index in [1.165, 1.54) is 32.4 Å². The van der Waals surface area contributed by atoms with Crippen molar-refractivity contribution in [2.75, 3.05) is 33.3 Å². The fourth-order valence-electron chi connectivity index (χ4n) is 2.74. The second-order valence-electron chi connectivity index (χ2n) is 5.73. The van der Waals surface area contributed by atoms with Crippen molar-refractivity contribution in [1.29, 1.82) is 0 Å². The van der Waals surface area contributed by atoms with Gasteiger partial charge in [0, 0.05) is 4.47 Å². The van der Waals surface area contributed by atoms with Gasteiger partial charge in [0.25, 0.3) is 0 Å². The number of hydrogen-bond acceptors (Lipinski definition) is 2. The quantitative estimate of drug-likeness (QED) is 0.842. The molecule has 0 radical (unpaired) electrons. The molecule has 1 aliphatic rings. The molecule has 1 heterocycles. The molecule has 106 valence electrons. The zero-order valence-corrected chi connectivity index (χ0v) is 13.1. The Balaban J connectivity index is 1.77. The number of hydrogen-bond donors (Lipinski definition) is 1. The molecule has 1 atom stereocenters. The molecule has 0 amide bonds. The molecule has 0 unspecified atom stereocenters. The second-order valence-corrected chi connectivity index (χ2v) is 6.64. The Labute approximate surface area is 123 Å². The van der Waals surface area contributed by atoms with Crippen molar-refractivity contribution < 1.29 is 14.3 Å². The first-order valence-electron chi connectivity index (χ1n) is 6.97. The van der Waals surface area contributed by atoms with Gasteiger partial charge < -0.3 is 14.3 Å². The molecule has 1 aromatic carbocycles. The van der Waals surface area contributed by atoms with Gasteiger partial charge in [-0.25, -0.2) is 0 Å². The molecular weight excluding hydrogens is 306 g/mol. The third kappa shape index (κ3) is 4.79. The van der Waals surface area contributed by atoms with Crippen molar-refractivity contribution in [3.8, 4) is 5.75 Å². The number of rotatable bonds is 5. The van der Waals surface area contributed by atoms with Crippen LogP contribution in [0.25, 0.3) is 0 Å². The van der Waals surface area contributed by atoms with Crippen LogP contribution in [0.3, 0.4) is 0 Å². The van der Waals surface area contributed by atoms with Crippen molar-refractivity contribution in [3.05, 3.63) is 28.7 Å². The predicted octanol–water partition coefficient (Wildman–Crippen LogP) is 2.82. The molecule has 4 heteroatoms. The highest BCUT2D eigenvalue weighted by Crippen LogP contribution is 2.18. The summed E-state index contributed by atoms with van der Waals surface area (Å²) in [6, 6.07) is 7.71. The van der Waals surface area contributed by atoms with Crippen LogP contribution in [-0.4, -0.2) is 49.0 Å². The fraction of sp³-hybridized carbons (Fsp3) is 0.600. The molecule has 1 N–H and O–H groups in total. The van der Waals surface area contributed by atoms with Crippen LogP contribution < -0.4 is 4.74 Å². The van der Waals surface area contributed by atoms with E-state index in [-0.39, 0.29) is 0 Å². The zero-order valence-electron chi connectivity index (χ0n) is 11.5. The predicted molar refractivity (Wildman–Crippen MR) is 80.3 cm³/mol. The van der Waals surface area contributed by atoms with Gasteiger partial charge in [-0.3, -0.25) is 0 Å². The Morgan fingerprint density at radius 2 is 1.84 bits per heavy atom. The fourth-order valence-corrected chi connectivity index (χ4v) is 3.01. The van der Waals surface area contributed by atoms with Crippen LogP contribution in [0.1, 0.15) is 19.3 Å². The molecule has 2 rings (SSSR count). The van der Waals surface area contributed by atoms with Gasteiger partial charge in [-0.1, -0.05) is 15.9 Å². The second kappa shape index (κ2) is 6.73. The SMILES string of the molecule is C[N+]1(C[C@H](O)COc2ccc(Br)cc2)CCCCC1. The number of aliphatic hydroxyl groups excluding tert-OH is 1. The van der Waals surface area contributed by atoms with Gasteiger partial charge >= 0.3 is 0 Å². The summed E-state index contributed by atoms with van der Waals surface area (Å²) in [4.78, 5) is 0. The standard InChI is InChI=1S/C15H23BrNO2/c1-17(9-3-2-4-10-17)11-14(18)12-19-15-7-5-13(16)6-8-15/h5-8,14,18H,2-4,9-12H2,1H3/q+1/t14-/m0/s1. The summed E-state index contributed by atoms with van der Waals surface area (Å²) in [5, 5.41) is 10.1. The van der Waals surface area contributed by atoms with E-state index < -0.39 is 6.10 Å². The minimum absolute atomic E-state index is 0.371. The number of halogens is 1. The minimum Gasteiger partial charge on any atom is -0.491 e. The van der Waals surface area contributed by atoms with E-state index in [9.17, 15) is 5.11 Å². The summed E-state index contributed by atoms with van der Waals surface area (Å²) in [5.74, 6) is 0.809. The lowest BCUT2D eigenvalue weighted by atomic mass is 10.1. The molecule has 3 nitrogen and oxygen atoms in total. The molecule has 0 aromatic heterocycles. The Bertz CT molecular complexity index is 388. The zero-order chi connectivity index (χ0) is 13.7. The first-order chi connectivity index (χ1) is 9.07. The average molecular weight is 329 g/mol. The van der Waals surface area contributed by atoms with Gasteiger partial charge in [0.1, 0.15) is 25.0 Å². The van der Waals surface area contributed by atoms with E-state index in [0.717, 1.165) is 21.3 Å². The number of benzene rings is 1. The number of aliphatic hydroxyl groups is 1. The number of likely N-dealkylation sites (N-methyl/N-ethyl adjacent to an activating group) is 1. The summed E-state index contributed by atoms with van der Waals surface area (Å²) in [6.07, 6.45) is 3.49. The van der Waals surface area contributed by atoms with Gasteiger partial charge in [-0.15, -0.1) is 0 Å². The third-order valence-corrected chi connectivity index (χ3v) is 4.33. The lowest BCUT2D eigenvalue weighted by Crippen LogP contribution is -2.52. The van der Waals surface area contributed by atoms with Gasteiger partial charge in [0.15, 0.2) is 0 Å². The number of quaternary nitrogens is 1. The molecule has 19 heavy (non-hydrogen) atoms. The number of nitrogens with zero attached hydrogens (tertiary/aromatic N) is 1. The van der Waals surface area contributed by atoms with Crippen molar-refractivity contribution in [2.45, 2.75) is 25.4 Å². The number of ether oxygens (including phenoxy) is 1. The molecule has 1 aromatic rings. The average Bonchev–Trinajstić information content (AvgIpc) is 2.38. The lowest BCUT2D eigenvalue weighted by molar-refractivity contribution is -0.916. The molecule has 0 bridgehead atoms. The van der Waals surface area contributed by atoms with E-state index in [2.05, 4.69) is 23.0 Å². The normalized spacial score (nSPS) is 19.9. The summed E-state index contributed by atoms with van der Waals surface area (Å²) in [7, 11) is 2.24. The number of likely N-dealkylation sites (tertiary alicyclic amines) is 1. The van der Waals surface area contributed by atoms with E-state index in [4.69, 9.17) is 4.74 Å². The Morgan fingerprint density at radius 1 is 1.21 bits per heavy atom. The molecular formula is C15H23BrNO2+. The van der Waals surface area contributed by atoms with Crippen LogP contribution >= 0.6 is 15.9 Å². The number of piperidine rings is 1. The molecule has 0 spiro atoms. The molecule has 0 aliphatic carbocycles. The highest BCUT2D eigenvalue weighted by molar-refractivity contribution is 9.10. The van der Waals surface area contributed by atoms with Crippen LogP contribution in [0.4, 0.5) is 0 Å². The van der Waals surface area contributed by atoms with E-state index in [0.29, 0.717) is 6.61 Å². The van der Waals surface area contributed by atoms with Crippen LogP contribution in [-0.2, 0) is 0 Å². The maximum Gasteiger partial charge on any atom is 0.137 e. The molecule has 1 saturated heterocycles. The third-order valence-electron chi connectivity index (χ3n) is 3.80. The summed E-state index contributed by atoms with van der Waals surface area (Å²) in [5.41, 5.74) is 0. The van der Waals surface area contributed by atoms with Gasteiger partial charge in [0.2, 0.25) is 0 Å². The smallest absolute Gasteiger partial charge is 0.137 e. The van der Waals surface area contributed by atoms with E-state index >= 15 is 0 Å². The maximum absolute atomic E-state index is 10.1. The highest BCUT2D eigenvalue weighted by Gasteiger charge is 2.27. The Hall–Kier alpha value is -0.580. The van der Waals surface area contributed by atoms with Crippen molar-refractivity contribution >= 4 is 15.9 Å². The lowest BCUT2D eigenvalue weighted by Gasteiger charge is -2.39. The monoisotopic (exact) mass is 328 g/mol. The maximum atomic E-state index is 10.1. The largest absolute Gasteiger partial charge is 0.491 e. The van der Waals surface area contributed by atoms with Crippen LogP contribution in [0, 0.1) is 0 Å². The van der Waals surface area contributed by atoms with Crippen molar-refractivity contribution in [1.82, 2.24) is 0 Å². The van der Waals surface area contributed by atoms with Gasteiger partial charge in [-0.2, -0.15) is 0 Å².